The standard InChI is InChI=1S/C19H29N3O3S.ClH/c1-15-4-8-18(9-5-15)26(24,25)21-12-17-3-2-10-22(14-17)19(23)13-20-11-16-6-7-16;/h4-5,8-9,16-17,20-21H,2-3,6-7,10-14H2,1H3;1H. The van der Waals surface area contributed by atoms with E-state index in [1.807, 2.05) is 11.8 Å². The minimum absolute atomic E-state index is 0. The van der Waals surface area contributed by atoms with Gasteiger partial charge < -0.3 is 10.2 Å². The summed E-state index contributed by atoms with van der Waals surface area (Å²) < 4.78 is 27.5. The number of amides is 1. The summed E-state index contributed by atoms with van der Waals surface area (Å²) in [5.74, 6) is 1.04. The lowest BCUT2D eigenvalue weighted by Gasteiger charge is -2.33. The van der Waals surface area contributed by atoms with Crippen LogP contribution in [0.2, 0.25) is 0 Å². The van der Waals surface area contributed by atoms with E-state index in [9.17, 15) is 13.2 Å². The average molecular weight is 416 g/mol. The van der Waals surface area contributed by atoms with Gasteiger partial charge in [0.2, 0.25) is 15.9 Å². The second kappa shape index (κ2) is 9.87. The molecule has 1 aliphatic carbocycles. The molecule has 8 heteroatoms. The molecule has 2 N–H and O–H groups in total. The normalized spacial score (nSPS) is 20.2. The van der Waals surface area contributed by atoms with Crippen LogP contribution in [0.1, 0.15) is 31.2 Å². The summed E-state index contributed by atoms with van der Waals surface area (Å²) in [4.78, 5) is 14.5. The molecule has 0 spiro atoms. The van der Waals surface area contributed by atoms with Crippen molar-refractivity contribution in [3.05, 3.63) is 29.8 Å². The molecular formula is C19H30ClN3O3S. The molecule has 1 saturated carbocycles. The van der Waals surface area contributed by atoms with Crippen LogP contribution >= 0.6 is 12.4 Å². The number of nitrogens with zero attached hydrogens (tertiary/aromatic N) is 1. The van der Waals surface area contributed by atoms with E-state index >= 15 is 0 Å². The highest BCUT2D eigenvalue weighted by molar-refractivity contribution is 7.89. The molecule has 1 unspecified atom stereocenters. The van der Waals surface area contributed by atoms with E-state index in [4.69, 9.17) is 0 Å². The number of halogens is 1. The highest BCUT2D eigenvalue weighted by Crippen LogP contribution is 2.27. The quantitative estimate of drug-likeness (QED) is 0.680. The Bertz CT molecular complexity index is 720. The molecule has 27 heavy (non-hydrogen) atoms. The molecule has 6 nitrogen and oxygen atoms in total. The van der Waals surface area contributed by atoms with Crippen molar-refractivity contribution in [2.45, 2.75) is 37.5 Å². The van der Waals surface area contributed by atoms with Gasteiger partial charge in [-0.05, 0) is 63.1 Å². The topological polar surface area (TPSA) is 78.5 Å². The highest BCUT2D eigenvalue weighted by atomic mass is 35.5. The third kappa shape index (κ3) is 6.75. The van der Waals surface area contributed by atoms with Gasteiger partial charge in [-0.2, -0.15) is 0 Å². The van der Waals surface area contributed by atoms with Gasteiger partial charge in [-0.3, -0.25) is 4.79 Å². The fourth-order valence-electron chi connectivity index (χ4n) is 3.30. The zero-order valence-electron chi connectivity index (χ0n) is 15.8. The van der Waals surface area contributed by atoms with Crippen molar-refractivity contribution in [3.8, 4) is 0 Å². The molecule has 1 saturated heterocycles. The van der Waals surface area contributed by atoms with Crippen LogP contribution in [0.4, 0.5) is 0 Å². The molecule has 0 bridgehead atoms. The number of sulfonamides is 1. The number of carbonyl (C=O) groups is 1. The third-order valence-corrected chi connectivity index (χ3v) is 6.61. The van der Waals surface area contributed by atoms with Gasteiger partial charge in [-0.1, -0.05) is 17.7 Å². The number of nitrogens with one attached hydrogen (secondary N) is 2. The Morgan fingerprint density at radius 2 is 1.81 bits per heavy atom. The van der Waals surface area contributed by atoms with Gasteiger partial charge in [0.05, 0.1) is 11.4 Å². The Labute approximate surface area is 168 Å². The zero-order valence-corrected chi connectivity index (χ0v) is 17.4. The average Bonchev–Trinajstić information content (AvgIpc) is 3.45. The monoisotopic (exact) mass is 415 g/mol. The van der Waals surface area contributed by atoms with E-state index in [1.165, 1.54) is 12.8 Å². The number of carbonyl (C=O) groups excluding carboxylic acids is 1. The van der Waals surface area contributed by atoms with Gasteiger partial charge in [-0.25, -0.2) is 13.1 Å². The first kappa shape index (κ1) is 22.1. The number of likely N-dealkylation sites (tertiary alicyclic amines) is 1. The Balaban J connectivity index is 0.00000261. The number of hydrogen-bond donors (Lipinski definition) is 2. The Morgan fingerprint density at radius 1 is 1.11 bits per heavy atom. The van der Waals surface area contributed by atoms with E-state index < -0.39 is 10.0 Å². The minimum Gasteiger partial charge on any atom is -0.341 e. The second-order valence-corrected chi connectivity index (χ2v) is 9.35. The highest BCUT2D eigenvalue weighted by Gasteiger charge is 2.26. The zero-order chi connectivity index (χ0) is 18.6. The third-order valence-electron chi connectivity index (χ3n) is 5.17. The van der Waals surface area contributed by atoms with Gasteiger partial charge in [0, 0.05) is 19.6 Å². The first-order chi connectivity index (χ1) is 12.4. The molecule has 1 aromatic carbocycles. The molecule has 3 rings (SSSR count). The lowest BCUT2D eigenvalue weighted by molar-refractivity contribution is -0.131. The van der Waals surface area contributed by atoms with Crippen LogP contribution in [0.15, 0.2) is 29.2 Å². The predicted molar refractivity (Wildman–Crippen MR) is 109 cm³/mol. The van der Waals surface area contributed by atoms with Crippen molar-refractivity contribution >= 4 is 28.3 Å². The largest absolute Gasteiger partial charge is 0.341 e. The van der Waals surface area contributed by atoms with Crippen LogP contribution in [0.3, 0.4) is 0 Å². The molecule has 0 aromatic heterocycles. The summed E-state index contributed by atoms with van der Waals surface area (Å²) in [7, 11) is -3.50. The van der Waals surface area contributed by atoms with Gasteiger partial charge in [0.1, 0.15) is 0 Å². The number of benzene rings is 1. The van der Waals surface area contributed by atoms with E-state index in [0.717, 1.165) is 37.4 Å². The number of hydrogen-bond acceptors (Lipinski definition) is 4. The molecule has 2 fully saturated rings. The van der Waals surface area contributed by atoms with Crippen molar-refractivity contribution < 1.29 is 13.2 Å². The molecule has 1 aromatic rings. The van der Waals surface area contributed by atoms with Crippen molar-refractivity contribution in [1.82, 2.24) is 14.9 Å². The van der Waals surface area contributed by atoms with Crippen LogP contribution in [0.5, 0.6) is 0 Å². The van der Waals surface area contributed by atoms with Crippen molar-refractivity contribution in [2.75, 3.05) is 32.7 Å². The fourth-order valence-corrected chi connectivity index (χ4v) is 4.42. The summed E-state index contributed by atoms with van der Waals surface area (Å²) >= 11 is 0. The number of aryl methyl sites for hydroxylation is 1. The molecule has 0 radical (unpaired) electrons. The van der Waals surface area contributed by atoms with Crippen LogP contribution in [-0.2, 0) is 14.8 Å². The fraction of sp³-hybridized carbons (Fsp3) is 0.632. The van der Waals surface area contributed by atoms with E-state index in [0.29, 0.717) is 19.6 Å². The molecule has 152 valence electrons. The molecule has 1 atom stereocenters. The van der Waals surface area contributed by atoms with E-state index in [-0.39, 0.29) is 29.1 Å². The van der Waals surface area contributed by atoms with Gasteiger partial charge in [-0.15, -0.1) is 12.4 Å². The van der Waals surface area contributed by atoms with Gasteiger partial charge >= 0.3 is 0 Å². The van der Waals surface area contributed by atoms with Gasteiger partial charge in [0.15, 0.2) is 0 Å². The summed E-state index contributed by atoms with van der Waals surface area (Å²) in [5.41, 5.74) is 1.03. The summed E-state index contributed by atoms with van der Waals surface area (Å²) in [5, 5.41) is 3.24. The van der Waals surface area contributed by atoms with Crippen molar-refractivity contribution in [2.24, 2.45) is 11.8 Å². The van der Waals surface area contributed by atoms with Crippen LogP contribution < -0.4 is 10.0 Å². The van der Waals surface area contributed by atoms with E-state index in [2.05, 4.69) is 10.0 Å². The maximum absolute atomic E-state index is 12.4. The predicted octanol–water partition coefficient (Wildman–Crippen LogP) is 1.93. The van der Waals surface area contributed by atoms with Crippen molar-refractivity contribution in [3.63, 3.8) is 0 Å². The molecule has 2 aliphatic rings. The first-order valence-corrected chi connectivity index (χ1v) is 11.0. The number of rotatable bonds is 8. The van der Waals surface area contributed by atoms with Crippen molar-refractivity contribution in [1.29, 1.82) is 0 Å². The molecule has 1 amide bonds. The maximum atomic E-state index is 12.4. The summed E-state index contributed by atoms with van der Waals surface area (Å²) in [6.07, 6.45) is 4.41. The van der Waals surface area contributed by atoms with Crippen LogP contribution in [0, 0.1) is 18.8 Å². The Hall–Kier alpha value is -1.15. The van der Waals surface area contributed by atoms with Crippen LogP contribution in [-0.4, -0.2) is 51.9 Å². The van der Waals surface area contributed by atoms with E-state index in [1.54, 1.807) is 24.3 Å². The molecule has 1 aliphatic heterocycles. The van der Waals surface area contributed by atoms with Gasteiger partial charge in [0.25, 0.3) is 0 Å². The maximum Gasteiger partial charge on any atom is 0.240 e. The molecular weight excluding hydrogens is 386 g/mol. The SMILES string of the molecule is Cc1ccc(S(=O)(=O)NCC2CCCN(C(=O)CNCC3CC3)C2)cc1.Cl. The smallest absolute Gasteiger partial charge is 0.240 e. The minimum atomic E-state index is -3.50. The van der Waals surface area contributed by atoms with Crippen LogP contribution in [0.25, 0.3) is 0 Å². The Kier molecular flexibility index (Phi) is 8.09. The lowest BCUT2D eigenvalue weighted by atomic mass is 9.98. The second-order valence-electron chi connectivity index (χ2n) is 7.59. The lowest BCUT2D eigenvalue weighted by Crippen LogP contribution is -2.46. The summed E-state index contributed by atoms with van der Waals surface area (Å²) in [6, 6.07) is 6.84. The molecule has 1 heterocycles. The Morgan fingerprint density at radius 3 is 2.48 bits per heavy atom. The first-order valence-electron chi connectivity index (χ1n) is 9.49. The number of piperidine rings is 1. The summed E-state index contributed by atoms with van der Waals surface area (Å²) in [6.45, 7) is 5.01.